The summed E-state index contributed by atoms with van der Waals surface area (Å²) in [6.07, 6.45) is 5.61. The number of nitrogens with one attached hydrogen (secondary N) is 2. The number of carbonyl (C=O) groups is 1. The van der Waals surface area contributed by atoms with E-state index >= 15 is 0 Å². The lowest BCUT2D eigenvalue weighted by atomic mass is 10.0. The van der Waals surface area contributed by atoms with E-state index in [0.29, 0.717) is 19.0 Å². The molecule has 2 N–H and O–H groups in total. The van der Waals surface area contributed by atoms with Crippen LogP contribution in [0.25, 0.3) is 0 Å². The molecule has 2 fully saturated rings. The van der Waals surface area contributed by atoms with Gasteiger partial charge in [0.1, 0.15) is 0 Å². The topological polar surface area (TPSA) is 60.0 Å². The van der Waals surface area contributed by atoms with Gasteiger partial charge in [-0.3, -0.25) is 14.7 Å². The first kappa shape index (κ1) is 22.9. The molecule has 0 aliphatic carbocycles. The number of hydrogen-bond donors (Lipinski definition) is 2. The average Bonchev–Trinajstić information content (AvgIpc) is 3.12. The Morgan fingerprint density at radius 1 is 1.14 bits per heavy atom. The fourth-order valence-corrected chi connectivity index (χ4v) is 3.93. The molecule has 1 aromatic rings. The maximum absolute atomic E-state index is 11.8. The maximum Gasteiger partial charge on any atom is 0.227 e. The van der Waals surface area contributed by atoms with E-state index in [1.807, 2.05) is 17.0 Å². The molecule has 1 atom stereocenters. The predicted molar refractivity (Wildman–Crippen MR) is 127 cm³/mol. The van der Waals surface area contributed by atoms with Crippen LogP contribution in [0.1, 0.15) is 44.6 Å². The van der Waals surface area contributed by atoms with Crippen molar-refractivity contribution in [1.29, 1.82) is 0 Å². The lowest BCUT2D eigenvalue weighted by Gasteiger charge is -2.33. The van der Waals surface area contributed by atoms with E-state index in [4.69, 9.17) is 0 Å². The molecular formula is C21H34IN5O. The molecular weight excluding hydrogens is 465 g/mol. The molecule has 2 saturated heterocycles. The molecule has 0 saturated carbocycles. The molecule has 156 valence electrons. The summed E-state index contributed by atoms with van der Waals surface area (Å²) in [6.45, 7) is 7.05. The Hall–Kier alpha value is -1.35. The normalized spacial score (nSPS) is 20.8. The van der Waals surface area contributed by atoms with Gasteiger partial charge in [0.2, 0.25) is 5.91 Å². The van der Waals surface area contributed by atoms with Gasteiger partial charge in [-0.15, -0.1) is 24.0 Å². The number of carbonyl (C=O) groups excluding carboxylic acids is 1. The second kappa shape index (κ2) is 11.6. The van der Waals surface area contributed by atoms with Gasteiger partial charge in [-0.05, 0) is 50.4 Å². The van der Waals surface area contributed by atoms with Gasteiger partial charge in [0.25, 0.3) is 0 Å². The summed E-state index contributed by atoms with van der Waals surface area (Å²) in [6, 6.07) is 8.92. The number of piperidine rings is 1. The number of benzene rings is 1. The standard InChI is InChI=1S/C21H33N5O.HI/c1-17-6-3-4-13-25(17)15-12-23-21(22-2)24-16-18-8-10-19(11-9-18)26-14-5-7-20(26)27;/h8-11,17H,3-7,12-16H2,1-2H3,(H2,22,23,24);1H. The first-order chi connectivity index (χ1) is 13.2. The Morgan fingerprint density at radius 3 is 2.57 bits per heavy atom. The smallest absolute Gasteiger partial charge is 0.227 e. The highest BCUT2D eigenvalue weighted by molar-refractivity contribution is 14.0. The van der Waals surface area contributed by atoms with Gasteiger partial charge in [0.15, 0.2) is 5.96 Å². The summed E-state index contributed by atoms with van der Waals surface area (Å²) >= 11 is 0. The molecule has 7 heteroatoms. The lowest BCUT2D eigenvalue weighted by molar-refractivity contribution is -0.117. The average molecular weight is 499 g/mol. The van der Waals surface area contributed by atoms with Crippen molar-refractivity contribution in [3.63, 3.8) is 0 Å². The molecule has 0 aromatic heterocycles. The monoisotopic (exact) mass is 499 g/mol. The predicted octanol–water partition coefficient (Wildman–Crippen LogP) is 2.97. The Kier molecular flexibility index (Phi) is 9.50. The van der Waals surface area contributed by atoms with Gasteiger partial charge in [0.05, 0.1) is 0 Å². The minimum absolute atomic E-state index is 0. The molecule has 28 heavy (non-hydrogen) atoms. The van der Waals surface area contributed by atoms with Gasteiger partial charge >= 0.3 is 0 Å². The van der Waals surface area contributed by atoms with Crippen LogP contribution < -0.4 is 15.5 Å². The quantitative estimate of drug-likeness (QED) is 0.359. The molecule has 6 nitrogen and oxygen atoms in total. The summed E-state index contributed by atoms with van der Waals surface area (Å²) in [5.74, 6) is 1.06. The number of guanidine groups is 1. The summed E-state index contributed by atoms with van der Waals surface area (Å²) in [5, 5.41) is 6.79. The number of halogens is 1. The molecule has 3 rings (SSSR count). The summed E-state index contributed by atoms with van der Waals surface area (Å²) in [4.78, 5) is 20.6. The van der Waals surface area contributed by atoms with Crippen molar-refractivity contribution in [1.82, 2.24) is 15.5 Å². The molecule has 0 bridgehead atoms. The summed E-state index contributed by atoms with van der Waals surface area (Å²) in [7, 11) is 1.81. The zero-order valence-electron chi connectivity index (χ0n) is 17.1. The van der Waals surface area contributed by atoms with Crippen molar-refractivity contribution < 1.29 is 4.79 Å². The van der Waals surface area contributed by atoms with E-state index in [1.165, 1.54) is 31.4 Å². The largest absolute Gasteiger partial charge is 0.355 e. The molecule has 1 aromatic carbocycles. The number of likely N-dealkylation sites (tertiary alicyclic amines) is 1. The molecule has 1 unspecified atom stereocenters. The van der Waals surface area contributed by atoms with Crippen molar-refractivity contribution in [3.05, 3.63) is 29.8 Å². The number of hydrogen-bond acceptors (Lipinski definition) is 3. The van der Waals surface area contributed by atoms with E-state index in [2.05, 4.69) is 39.6 Å². The third-order valence-corrected chi connectivity index (χ3v) is 5.64. The van der Waals surface area contributed by atoms with Crippen LogP contribution in [0.4, 0.5) is 5.69 Å². The van der Waals surface area contributed by atoms with Crippen molar-refractivity contribution in [2.24, 2.45) is 4.99 Å². The molecule has 2 aliphatic heterocycles. The van der Waals surface area contributed by atoms with Crippen LogP contribution in [-0.4, -0.2) is 56.0 Å². The number of aliphatic imine (C=N–C) groups is 1. The maximum atomic E-state index is 11.8. The number of nitrogens with zero attached hydrogens (tertiary/aromatic N) is 3. The minimum atomic E-state index is 0. The van der Waals surface area contributed by atoms with E-state index in [1.54, 1.807) is 7.05 Å². The van der Waals surface area contributed by atoms with Gasteiger partial charge in [0, 0.05) is 51.4 Å². The SMILES string of the molecule is CN=C(NCCN1CCCCC1C)NCc1ccc(N2CCCC2=O)cc1.I. The van der Waals surface area contributed by atoms with Crippen molar-refractivity contribution in [2.75, 3.05) is 38.1 Å². The van der Waals surface area contributed by atoms with Crippen LogP contribution in [0.3, 0.4) is 0 Å². The van der Waals surface area contributed by atoms with Crippen LogP contribution in [-0.2, 0) is 11.3 Å². The van der Waals surface area contributed by atoms with Crippen molar-refractivity contribution in [2.45, 2.75) is 51.6 Å². The molecule has 0 spiro atoms. The number of anilines is 1. The number of amides is 1. The Balaban J connectivity index is 0.00000280. The van der Waals surface area contributed by atoms with Crippen LogP contribution in [0.15, 0.2) is 29.3 Å². The fraction of sp³-hybridized carbons (Fsp3) is 0.619. The minimum Gasteiger partial charge on any atom is -0.355 e. The first-order valence-corrected chi connectivity index (χ1v) is 10.3. The van der Waals surface area contributed by atoms with E-state index in [-0.39, 0.29) is 29.9 Å². The highest BCUT2D eigenvalue weighted by atomic mass is 127. The third kappa shape index (κ3) is 6.34. The van der Waals surface area contributed by atoms with Crippen LogP contribution in [0.2, 0.25) is 0 Å². The zero-order valence-corrected chi connectivity index (χ0v) is 19.4. The third-order valence-electron chi connectivity index (χ3n) is 5.64. The van der Waals surface area contributed by atoms with Crippen molar-refractivity contribution in [3.8, 4) is 0 Å². The van der Waals surface area contributed by atoms with E-state index in [9.17, 15) is 4.79 Å². The van der Waals surface area contributed by atoms with Crippen LogP contribution >= 0.6 is 24.0 Å². The lowest BCUT2D eigenvalue weighted by Crippen LogP contribution is -2.45. The van der Waals surface area contributed by atoms with Gasteiger partial charge in [-0.1, -0.05) is 18.6 Å². The highest BCUT2D eigenvalue weighted by Gasteiger charge is 2.21. The van der Waals surface area contributed by atoms with Crippen LogP contribution in [0, 0.1) is 0 Å². The van der Waals surface area contributed by atoms with E-state index < -0.39 is 0 Å². The zero-order chi connectivity index (χ0) is 19.1. The van der Waals surface area contributed by atoms with Gasteiger partial charge in [-0.2, -0.15) is 0 Å². The Bertz CT molecular complexity index is 649. The Labute approximate surface area is 186 Å². The highest BCUT2D eigenvalue weighted by Crippen LogP contribution is 2.21. The van der Waals surface area contributed by atoms with Gasteiger partial charge in [-0.25, -0.2) is 0 Å². The molecule has 2 aliphatic rings. The molecule has 0 radical (unpaired) electrons. The molecule has 2 heterocycles. The van der Waals surface area contributed by atoms with Crippen LogP contribution in [0.5, 0.6) is 0 Å². The summed E-state index contributed by atoms with van der Waals surface area (Å²) in [5.41, 5.74) is 2.18. The fourth-order valence-electron chi connectivity index (χ4n) is 3.93. The number of rotatable bonds is 6. The summed E-state index contributed by atoms with van der Waals surface area (Å²) < 4.78 is 0. The second-order valence-electron chi connectivity index (χ2n) is 7.55. The van der Waals surface area contributed by atoms with Crippen molar-refractivity contribution >= 4 is 41.5 Å². The first-order valence-electron chi connectivity index (χ1n) is 10.3. The Morgan fingerprint density at radius 2 is 1.93 bits per heavy atom. The molecule has 1 amide bonds. The van der Waals surface area contributed by atoms with E-state index in [0.717, 1.165) is 37.7 Å². The second-order valence-corrected chi connectivity index (χ2v) is 7.55. The van der Waals surface area contributed by atoms with Gasteiger partial charge < -0.3 is 15.5 Å².